The van der Waals surface area contributed by atoms with E-state index in [2.05, 4.69) is 15.6 Å². The number of carbonyl (C=O) groups excluding carboxylic acids is 2. The molecule has 0 saturated carbocycles. The Hall–Kier alpha value is -3.29. The molecule has 27 heavy (non-hydrogen) atoms. The molecule has 2 aromatic carbocycles. The number of nitrogens with zero attached hydrogens (tertiary/aromatic N) is 3. The standard InChI is InChI=1S/C19H19FN4O3/c1-4-24-17-8-6-13(9-16(17)22-23-24)19(26)27-12(3)18(25)21-14-7-5-11(2)15(20)10-14/h5-10,12H,4H2,1-3H3,(H,21,25)/t12-/m0/s1. The molecule has 0 fully saturated rings. The average Bonchev–Trinajstić information content (AvgIpc) is 3.06. The molecule has 3 aromatic rings. The van der Waals surface area contributed by atoms with Crippen LogP contribution in [0.2, 0.25) is 0 Å². The number of carbonyl (C=O) groups is 2. The van der Waals surface area contributed by atoms with Crippen LogP contribution < -0.4 is 5.32 Å². The number of fused-ring (bicyclic) bond motifs is 1. The fourth-order valence-electron chi connectivity index (χ4n) is 2.53. The third kappa shape index (κ3) is 3.94. The van der Waals surface area contributed by atoms with Gasteiger partial charge in [0.15, 0.2) is 6.10 Å². The number of aryl methyl sites for hydroxylation is 2. The molecule has 0 aliphatic rings. The van der Waals surface area contributed by atoms with Crippen molar-refractivity contribution in [2.45, 2.75) is 33.4 Å². The summed E-state index contributed by atoms with van der Waals surface area (Å²) >= 11 is 0. The second-order valence-corrected chi connectivity index (χ2v) is 6.11. The molecule has 0 aliphatic carbocycles. The van der Waals surface area contributed by atoms with Gasteiger partial charge in [-0.15, -0.1) is 5.10 Å². The van der Waals surface area contributed by atoms with Crippen LogP contribution in [0.1, 0.15) is 29.8 Å². The maximum atomic E-state index is 13.6. The zero-order valence-electron chi connectivity index (χ0n) is 15.2. The number of esters is 1. The number of ether oxygens (including phenoxy) is 1. The highest BCUT2D eigenvalue weighted by atomic mass is 19.1. The number of hydrogen-bond acceptors (Lipinski definition) is 5. The predicted molar refractivity (Wildman–Crippen MR) is 97.8 cm³/mol. The maximum absolute atomic E-state index is 13.6. The predicted octanol–water partition coefficient (Wildman–Crippen LogP) is 3.08. The first-order chi connectivity index (χ1) is 12.9. The minimum atomic E-state index is -1.05. The van der Waals surface area contributed by atoms with Crippen molar-refractivity contribution in [3.63, 3.8) is 0 Å². The maximum Gasteiger partial charge on any atom is 0.338 e. The summed E-state index contributed by atoms with van der Waals surface area (Å²) in [5.41, 5.74) is 2.41. The van der Waals surface area contributed by atoms with Crippen LogP contribution in [0, 0.1) is 12.7 Å². The van der Waals surface area contributed by atoms with Gasteiger partial charge in [-0.05, 0) is 56.7 Å². The van der Waals surface area contributed by atoms with E-state index < -0.39 is 23.8 Å². The van der Waals surface area contributed by atoms with E-state index in [0.717, 1.165) is 5.52 Å². The van der Waals surface area contributed by atoms with Gasteiger partial charge in [0.2, 0.25) is 0 Å². The van der Waals surface area contributed by atoms with E-state index in [1.54, 1.807) is 41.9 Å². The Kier molecular flexibility index (Phi) is 5.16. The summed E-state index contributed by atoms with van der Waals surface area (Å²) in [6.45, 7) is 5.68. The van der Waals surface area contributed by atoms with Crippen LogP contribution in [-0.4, -0.2) is 33.0 Å². The summed E-state index contributed by atoms with van der Waals surface area (Å²) in [4.78, 5) is 24.5. The number of nitrogens with one attached hydrogen (secondary N) is 1. The van der Waals surface area contributed by atoms with Crippen molar-refractivity contribution < 1.29 is 18.7 Å². The smallest absolute Gasteiger partial charge is 0.338 e. The molecular weight excluding hydrogens is 351 g/mol. The molecule has 1 amide bonds. The molecular formula is C19H19FN4O3. The molecule has 0 aliphatic heterocycles. The van der Waals surface area contributed by atoms with Gasteiger partial charge in [-0.25, -0.2) is 13.9 Å². The Balaban J connectivity index is 1.67. The number of halogens is 1. The Bertz CT molecular complexity index is 1020. The number of anilines is 1. The molecule has 3 rings (SSSR count). The van der Waals surface area contributed by atoms with E-state index in [1.807, 2.05) is 6.92 Å². The number of benzene rings is 2. The van der Waals surface area contributed by atoms with Gasteiger partial charge in [0, 0.05) is 12.2 Å². The summed E-state index contributed by atoms with van der Waals surface area (Å²) in [6, 6.07) is 9.25. The zero-order valence-corrected chi connectivity index (χ0v) is 15.2. The van der Waals surface area contributed by atoms with Crippen molar-refractivity contribution in [1.29, 1.82) is 0 Å². The Labute approximate surface area is 155 Å². The normalized spacial score (nSPS) is 12.0. The SMILES string of the molecule is CCn1nnc2cc(C(=O)O[C@@H](C)C(=O)Nc3ccc(C)c(F)c3)ccc21. The van der Waals surface area contributed by atoms with Crippen molar-refractivity contribution in [1.82, 2.24) is 15.0 Å². The zero-order chi connectivity index (χ0) is 19.6. The van der Waals surface area contributed by atoms with Crippen LogP contribution >= 0.6 is 0 Å². The van der Waals surface area contributed by atoms with E-state index in [4.69, 9.17) is 4.74 Å². The topological polar surface area (TPSA) is 86.1 Å². The summed E-state index contributed by atoms with van der Waals surface area (Å²) in [5.74, 6) is -1.63. The van der Waals surface area contributed by atoms with E-state index >= 15 is 0 Å². The molecule has 7 nitrogen and oxygen atoms in total. The lowest BCUT2D eigenvalue weighted by Gasteiger charge is -2.14. The Morgan fingerprint density at radius 1 is 1.26 bits per heavy atom. The van der Waals surface area contributed by atoms with Gasteiger partial charge >= 0.3 is 5.97 Å². The third-order valence-electron chi connectivity index (χ3n) is 4.14. The van der Waals surface area contributed by atoms with E-state index in [9.17, 15) is 14.0 Å². The quantitative estimate of drug-likeness (QED) is 0.698. The molecule has 140 valence electrons. The molecule has 1 aromatic heterocycles. The lowest BCUT2D eigenvalue weighted by atomic mass is 10.2. The first-order valence-corrected chi connectivity index (χ1v) is 8.50. The molecule has 1 atom stereocenters. The van der Waals surface area contributed by atoms with Gasteiger partial charge in [0.05, 0.1) is 11.1 Å². The van der Waals surface area contributed by atoms with Crippen molar-refractivity contribution in [2.75, 3.05) is 5.32 Å². The molecule has 1 heterocycles. The van der Waals surface area contributed by atoms with E-state index in [0.29, 0.717) is 23.3 Å². The molecule has 0 radical (unpaired) electrons. The van der Waals surface area contributed by atoms with Crippen LogP contribution in [0.4, 0.5) is 10.1 Å². The highest BCUT2D eigenvalue weighted by molar-refractivity contribution is 5.98. The molecule has 1 N–H and O–H groups in total. The summed E-state index contributed by atoms with van der Waals surface area (Å²) < 4.78 is 20.5. The monoisotopic (exact) mass is 370 g/mol. The number of aromatic nitrogens is 3. The summed E-state index contributed by atoms with van der Waals surface area (Å²) in [7, 11) is 0. The fraction of sp³-hybridized carbons (Fsp3) is 0.263. The van der Waals surface area contributed by atoms with Gasteiger partial charge in [-0.3, -0.25) is 4.79 Å². The highest BCUT2D eigenvalue weighted by Crippen LogP contribution is 2.16. The lowest BCUT2D eigenvalue weighted by molar-refractivity contribution is -0.123. The molecule has 8 heteroatoms. The van der Waals surface area contributed by atoms with Crippen LogP contribution in [0.3, 0.4) is 0 Å². The summed E-state index contributed by atoms with van der Waals surface area (Å²) in [5, 5.41) is 10.5. The van der Waals surface area contributed by atoms with Gasteiger partial charge in [-0.1, -0.05) is 11.3 Å². The number of amides is 1. The van der Waals surface area contributed by atoms with Gasteiger partial charge in [0.25, 0.3) is 5.91 Å². The van der Waals surface area contributed by atoms with E-state index in [1.165, 1.54) is 13.0 Å². The molecule has 0 unspecified atom stereocenters. The first kappa shape index (κ1) is 18.5. The minimum absolute atomic E-state index is 0.270. The van der Waals surface area contributed by atoms with Crippen molar-refractivity contribution >= 4 is 28.6 Å². The lowest BCUT2D eigenvalue weighted by Crippen LogP contribution is -2.30. The Morgan fingerprint density at radius 3 is 2.74 bits per heavy atom. The molecule has 0 bridgehead atoms. The van der Waals surface area contributed by atoms with Crippen LogP contribution in [0.5, 0.6) is 0 Å². The number of hydrogen-bond donors (Lipinski definition) is 1. The van der Waals surface area contributed by atoms with Gasteiger partial charge in [-0.2, -0.15) is 0 Å². The van der Waals surface area contributed by atoms with Crippen LogP contribution in [0.15, 0.2) is 36.4 Å². The second kappa shape index (κ2) is 7.53. The third-order valence-corrected chi connectivity index (χ3v) is 4.14. The van der Waals surface area contributed by atoms with Crippen LogP contribution in [0.25, 0.3) is 11.0 Å². The van der Waals surface area contributed by atoms with Crippen LogP contribution in [-0.2, 0) is 16.1 Å². The number of rotatable bonds is 5. The van der Waals surface area contributed by atoms with Crippen molar-refractivity contribution in [3.8, 4) is 0 Å². The molecule has 0 saturated heterocycles. The molecule has 0 spiro atoms. The van der Waals surface area contributed by atoms with Crippen molar-refractivity contribution in [3.05, 3.63) is 53.3 Å². The minimum Gasteiger partial charge on any atom is -0.449 e. The fourth-order valence-corrected chi connectivity index (χ4v) is 2.53. The second-order valence-electron chi connectivity index (χ2n) is 6.11. The van der Waals surface area contributed by atoms with Crippen molar-refractivity contribution in [2.24, 2.45) is 0 Å². The highest BCUT2D eigenvalue weighted by Gasteiger charge is 2.20. The summed E-state index contributed by atoms with van der Waals surface area (Å²) in [6.07, 6.45) is -1.05. The Morgan fingerprint density at radius 2 is 2.04 bits per heavy atom. The van der Waals surface area contributed by atoms with Gasteiger partial charge < -0.3 is 10.1 Å². The average molecular weight is 370 g/mol. The van der Waals surface area contributed by atoms with E-state index in [-0.39, 0.29) is 5.56 Å². The van der Waals surface area contributed by atoms with Gasteiger partial charge in [0.1, 0.15) is 11.3 Å². The largest absolute Gasteiger partial charge is 0.449 e. The first-order valence-electron chi connectivity index (χ1n) is 8.50.